The Balaban J connectivity index is 3.36. The van der Waals surface area contributed by atoms with E-state index in [2.05, 4.69) is 4.74 Å². The third-order valence-electron chi connectivity index (χ3n) is 1.48. The number of hydrogen-bond acceptors (Lipinski definition) is 3. The second kappa shape index (κ2) is 6.21. The maximum atomic E-state index is 11.6. The third-order valence-corrected chi connectivity index (χ3v) is 1.48. The molecule has 2 N–H and O–H groups in total. The Morgan fingerprint density at radius 2 is 2.00 bits per heavy atom. The van der Waals surface area contributed by atoms with E-state index < -0.39 is 12.8 Å². The van der Waals surface area contributed by atoms with Crippen LogP contribution in [0.25, 0.3) is 0 Å². The summed E-state index contributed by atoms with van der Waals surface area (Å²) in [4.78, 5) is 1.83. The number of likely N-dealkylation sites (N-methyl/N-ethyl adjacent to an activating group) is 1. The minimum absolute atomic E-state index is 0.0163. The Hall–Kier alpha value is -0.330. The number of nitrogens with zero attached hydrogens (tertiary/aromatic N) is 1. The lowest BCUT2D eigenvalue weighted by molar-refractivity contribution is -0.174. The van der Waals surface area contributed by atoms with Crippen molar-refractivity contribution in [2.24, 2.45) is 5.73 Å². The molecule has 0 bridgehead atoms. The van der Waals surface area contributed by atoms with E-state index in [1.54, 1.807) is 7.05 Å². The van der Waals surface area contributed by atoms with E-state index in [1.807, 2.05) is 11.8 Å². The highest BCUT2D eigenvalue weighted by Crippen LogP contribution is 2.14. The number of ether oxygens (including phenoxy) is 1. The van der Waals surface area contributed by atoms with Gasteiger partial charge in [-0.3, -0.25) is 0 Å². The molecule has 0 aromatic rings. The molecular formula is C8H17F3N2O. The van der Waals surface area contributed by atoms with Gasteiger partial charge in [-0.15, -0.1) is 0 Å². The van der Waals surface area contributed by atoms with Crippen molar-refractivity contribution in [2.45, 2.75) is 19.1 Å². The summed E-state index contributed by atoms with van der Waals surface area (Å²) < 4.78 is 39.3. The van der Waals surface area contributed by atoms with Gasteiger partial charge in [-0.1, -0.05) is 0 Å². The van der Waals surface area contributed by atoms with Crippen LogP contribution in [-0.2, 0) is 4.74 Å². The monoisotopic (exact) mass is 214 g/mol. The van der Waals surface area contributed by atoms with Crippen molar-refractivity contribution >= 4 is 0 Å². The van der Waals surface area contributed by atoms with Crippen molar-refractivity contribution in [3.8, 4) is 0 Å². The first-order chi connectivity index (χ1) is 6.31. The Kier molecular flexibility index (Phi) is 6.06. The topological polar surface area (TPSA) is 38.5 Å². The fraction of sp³-hybridized carbons (Fsp3) is 1.00. The predicted octanol–water partition coefficient (Wildman–Crippen LogP) is 0.844. The van der Waals surface area contributed by atoms with Crippen LogP contribution in [0.2, 0.25) is 0 Å². The summed E-state index contributed by atoms with van der Waals surface area (Å²) in [6.45, 7) is 1.84. The molecule has 0 spiro atoms. The van der Waals surface area contributed by atoms with Crippen LogP contribution < -0.4 is 5.73 Å². The van der Waals surface area contributed by atoms with Gasteiger partial charge in [0.25, 0.3) is 0 Å². The lowest BCUT2D eigenvalue weighted by Gasteiger charge is -2.18. The van der Waals surface area contributed by atoms with E-state index >= 15 is 0 Å². The normalized spacial score (nSPS) is 14.8. The lowest BCUT2D eigenvalue weighted by Crippen LogP contribution is -2.35. The molecule has 0 saturated heterocycles. The number of hydrogen-bond donors (Lipinski definition) is 1. The van der Waals surface area contributed by atoms with Gasteiger partial charge in [0.15, 0.2) is 0 Å². The molecule has 0 radical (unpaired) electrons. The van der Waals surface area contributed by atoms with Crippen molar-refractivity contribution in [1.29, 1.82) is 0 Å². The van der Waals surface area contributed by atoms with E-state index in [0.717, 1.165) is 0 Å². The van der Waals surface area contributed by atoms with Crippen molar-refractivity contribution in [3.05, 3.63) is 0 Å². The van der Waals surface area contributed by atoms with Crippen LogP contribution >= 0.6 is 0 Å². The first-order valence-corrected chi connectivity index (χ1v) is 4.40. The number of nitrogens with two attached hydrogens (primary N) is 1. The van der Waals surface area contributed by atoms with E-state index in [4.69, 9.17) is 5.73 Å². The lowest BCUT2D eigenvalue weighted by atomic mass is 10.3. The maximum Gasteiger partial charge on any atom is 0.411 e. The molecule has 86 valence electrons. The van der Waals surface area contributed by atoms with Crippen LogP contribution in [0.1, 0.15) is 6.92 Å². The van der Waals surface area contributed by atoms with Crippen LogP contribution in [-0.4, -0.2) is 50.5 Å². The average Bonchev–Trinajstić information content (AvgIpc) is 1.95. The van der Waals surface area contributed by atoms with E-state index in [1.165, 1.54) is 0 Å². The maximum absolute atomic E-state index is 11.6. The van der Waals surface area contributed by atoms with Gasteiger partial charge in [0, 0.05) is 19.1 Å². The SMILES string of the molecule is CC(N)CN(C)CCOCC(F)(F)F. The first-order valence-electron chi connectivity index (χ1n) is 4.40. The molecule has 0 heterocycles. The van der Waals surface area contributed by atoms with Crippen molar-refractivity contribution < 1.29 is 17.9 Å². The molecule has 3 nitrogen and oxygen atoms in total. The fourth-order valence-corrected chi connectivity index (χ4v) is 0.991. The zero-order chi connectivity index (χ0) is 11.2. The molecule has 0 aliphatic heterocycles. The molecular weight excluding hydrogens is 197 g/mol. The standard InChI is InChI=1S/C8H17F3N2O/c1-7(12)5-13(2)3-4-14-6-8(9,10)11/h7H,3-6,12H2,1-2H3. The fourth-order valence-electron chi connectivity index (χ4n) is 0.991. The number of alkyl halides is 3. The number of halogens is 3. The summed E-state index contributed by atoms with van der Waals surface area (Å²) in [5.41, 5.74) is 5.50. The highest BCUT2D eigenvalue weighted by molar-refractivity contribution is 4.59. The largest absolute Gasteiger partial charge is 0.411 e. The van der Waals surface area contributed by atoms with E-state index in [-0.39, 0.29) is 12.6 Å². The van der Waals surface area contributed by atoms with Crippen molar-refractivity contribution in [1.82, 2.24) is 4.90 Å². The van der Waals surface area contributed by atoms with Gasteiger partial charge in [-0.2, -0.15) is 13.2 Å². The van der Waals surface area contributed by atoms with Gasteiger partial charge in [0.1, 0.15) is 6.61 Å². The Morgan fingerprint density at radius 1 is 1.43 bits per heavy atom. The van der Waals surface area contributed by atoms with Crippen LogP contribution in [0.4, 0.5) is 13.2 Å². The first kappa shape index (κ1) is 13.7. The summed E-state index contributed by atoms with van der Waals surface area (Å²) in [6, 6.07) is 0.0163. The highest BCUT2D eigenvalue weighted by Gasteiger charge is 2.27. The molecule has 0 aliphatic rings. The summed E-state index contributed by atoms with van der Waals surface area (Å²) in [5.74, 6) is 0. The van der Waals surface area contributed by atoms with Crippen LogP contribution in [0.15, 0.2) is 0 Å². The molecule has 0 aliphatic carbocycles. The van der Waals surface area contributed by atoms with Crippen molar-refractivity contribution in [2.75, 3.05) is 33.4 Å². The third kappa shape index (κ3) is 9.76. The van der Waals surface area contributed by atoms with Crippen LogP contribution in [0.3, 0.4) is 0 Å². The number of rotatable bonds is 6. The molecule has 0 rings (SSSR count). The Labute approximate surface area is 82.0 Å². The van der Waals surface area contributed by atoms with Gasteiger partial charge >= 0.3 is 6.18 Å². The minimum Gasteiger partial charge on any atom is -0.371 e. The quantitative estimate of drug-likeness (QED) is 0.666. The van der Waals surface area contributed by atoms with Gasteiger partial charge < -0.3 is 15.4 Å². The molecule has 6 heteroatoms. The molecule has 0 amide bonds. The van der Waals surface area contributed by atoms with Gasteiger partial charge in [0.2, 0.25) is 0 Å². The molecule has 0 aromatic heterocycles. The summed E-state index contributed by atoms with van der Waals surface area (Å²) in [6.07, 6.45) is -4.24. The molecule has 1 atom stereocenters. The smallest absolute Gasteiger partial charge is 0.371 e. The molecule has 1 unspecified atom stereocenters. The highest BCUT2D eigenvalue weighted by atomic mass is 19.4. The summed E-state index contributed by atoms with van der Waals surface area (Å²) >= 11 is 0. The predicted molar refractivity (Wildman–Crippen MR) is 48.0 cm³/mol. The summed E-state index contributed by atoms with van der Waals surface area (Å²) in [5, 5.41) is 0. The van der Waals surface area contributed by atoms with Crippen LogP contribution in [0.5, 0.6) is 0 Å². The zero-order valence-electron chi connectivity index (χ0n) is 8.47. The second-order valence-electron chi connectivity index (χ2n) is 3.41. The molecule has 0 fully saturated rings. The van der Waals surface area contributed by atoms with Gasteiger partial charge in [-0.05, 0) is 14.0 Å². The Bertz CT molecular complexity index is 150. The minimum atomic E-state index is -4.24. The summed E-state index contributed by atoms with van der Waals surface area (Å²) in [7, 11) is 1.79. The average molecular weight is 214 g/mol. The van der Waals surface area contributed by atoms with Gasteiger partial charge in [0.05, 0.1) is 6.61 Å². The van der Waals surface area contributed by atoms with E-state index in [9.17, 15) is 13.2 Å². The molecule has 14 heavy (non-hydrogen) atoms. The van der Waals surface area contributed by atoms with Crippen molar-refractivity contribution in [3.63, 3.8) is 0 Å². The zero-order valence-corrected chi connectivity index (χ0v) is 8.47. The molecule has 0 aromatic carbocycles. The second-order valence-corrected chi connectivity index (χ2v) is 3.41. The van der Waals surface area contributed by atoms with E-state index in [0.29, 0.717) is 13.1 Å². The van der Waals surface area contributed by atoms with Gasteiger partial charge in [-0.25, -0.2) is 0 Å². The Morgan fingerprint density at radius 3 is 2.43 bits per heavy atom. The molecule has 0 saturated carbocycles. The van der Waals surface area contributed by atoms with Crippen LogP contribution in [0, 0.1) is 0 Å².